The number of halogens is 2. The first kappa shape index (κ1) is 22.7. The van der Waals surface area contributed by atoms with Crippen molar-refractivity contribution in [3.63, 3.8) is 0 Å². The SMILES string of the molecule is Cc1ccc(NC(=O)COc2ccc3c(=O)c(Oc4ccc(Cl)cc4Cl)c(C)oc3c2)cc1. The first-order valence-electron chi connectivity index (χ1n) is 10.00. The standard InChI is InChI=1S/C25H19Cl2NO5/c1-14-3-6-17(7-4-14)28-23(29)13-31-18-8-9-19-22(12-18)32-15(2)25(24(19)30)33-21-10-5-16(26)11-20(21)27/h3-12H,13H2,1-2H3,(H,28,29). The topological polar surface area (TPSA) is 77.8 Å². The van der Waals surface area contributed by atoms with Gasteiger partial charge in [0, 0.05) is 16.8 Å². The third-order valence-corrected chi connectivity index (χ3v) is 5.33. The van der Waals surface area contributed by atoms with Gasteiger partial charge in [-0.05, 0) is 56.3 Å². The van der Waals surface area contributed by atoms with Gasteiger partial charge >= 0.3 is 0 Å². The number of nitrogens with one attached hydrogen (secondary N) is 1. The van der Waals surface area contributed by atoms with E-state index >= 15 is 0 Å². The number of carbonyl (C=O) groups excluding carboxylic acids is 1. The van der Waals surface area contributed by atoms with E-state index in [-0.39, 0.29) is 40.2 Å². The van der Waals surface area contributed by atoms with Gasteiger partial charge in [-0.1, -0.05) is 40.9 Å². The molecule has 4 aromatic rings. The number of hydrogen-bond acceptors (Lipinski definition) is 5. The summed E-state index contributed by atoms with van der Waals surface area (Å²) >= 11 is 12.1. The molecular weight excluding hydrogens is 465 g/mol. The van der Waals surface area contributed by atoms with Gasteiger partial charge in [0.2, 0.25) is 11.2 Å². The lowest BCUT2D eigenvalue weighted by atomic mass is 10.2. The van der Waals surface area contributed by atoms with Crippen molar-refractivity contribution in [1.82, 2.24) is 0 Å². The Hall–Kier alpha value is -3.48. The predicted molar refractivity (Wildman–Crippen MR) is 129 cm³/mol. The Morgan fingerprint density at radius 3 is 2.48 bits per heavy atom. The Morgan fingerprint density at radius 1 is 1.00 bits per heavy atom. The molecule has 0 aliphatic heterocycles. The number of amides is 1. The third kappa shape index (κ3) is 5.30. The van der Waals surface area contributed by atoms with Gasteiger partial charge in [-0.3, -0.25) is 9.59 Å². The lowest BCUT2D eigenvalue weighted by molar-refractivity contribution is -0.118. The zero-order chi connectivity index (χ0) is 23.5. The summed E-state index contributed by atoms with van der Waals surface area (Å²) in [5.41, 5.74) is 1.73. The van der Waals surface area contributed by atoms with Crippen LogP contribution in [0.4, 0.5) is 5.69 Å². The summed E-state index contributed by atoms with van der Waals surface area (Å²) in [5.74, 6) is 0.666. The third-order valence-electron chi connectivity index (χ3n) is 4.80. The zero-order valence-corrected chi connectivity index (χ0v) is 19.3. The molecule has 4 rings (SSSR count). The Balaban J connectivity index is 1.51. The van der Waals surface area contributed by atoms with Crippen LogP contribution in [0.5, 0.6) is 17.2 Å². The molecule has 6 nitrogen and oxygen atoms in total. The van der Waals surface area contributed by atoms with Gasteiger partial charge in [0.25, 0.3) is 5.91 Å². The van der Waals surface area contributed by atoms with Crippen LogP contribution >= 0.6 is 23.2 Å². The fourth-order valence-corrected chi connectivity index (χ4v) is 3.57. The smallest absolute Gasteiger partial charge is 0.262 e. The average Bonchev–Trinajstić information content (AvgIpc) is 2.78. The fraction of sp³-hybridized carbons (Fsp3) is 0.120. The van der Waals surface area contributed by atoms with E-state index in [2.05, 4.69) is 5.32 Å². The van der Waals surface area contributed by atoms with E-state index in [1.54, 1.807) is 37.3 Å². The number of anilines is 1. The van der Waals surface area contributed by atoms with Gasteiger partial charge < -0.3 is 19.2 Å². The highest BCUT2D eigenvalue weighted by atomic mass is 35.5. The van der Waals surface area contributed by atoms with E-state index in [0.717, 1.165) is 5.56 Å². The van der Waals surface area contributed by atoms with Crippen molar-refractivity contribution in [2.45, 2.75) is 13.8 Å². The van der Waals surface area contributed by atoms with Gasteiger partial charge in [0.05, 0.1) is 10.4 Å². The Bertz CT molecular complexity index is 1400. The van der Waals surface area contributed by atoms with E-state index in [1.165, 1.54) is 6.07 Å². The van der Waals surface area contributed by atoms with Crippen LogP contribution in [0.2, 0.25) is 10.0 Å². The molecule has 8 heteroatoms. The van der Waals surface area contributed by atoms with Crippen molar-refractivity contribution in [3.05, 3.63) is 92.3 Å². The second-order valence-electron chi connectivity index (χ2n) is 7.35. The van der Waals surface area contributed by atoms with E-state index in [9.17, 15) is 9.59 Å². The summed E-state index contributed by atoms with van der Waals surface area (Å²) in [6, 6.07) is 16.9. The molecule has 0 radical (unpaired) electrons. The molecule has 0 aliphatic carbocycles. The summed E-state index contributed by atoms with van der Waals surface area (Å²) in [5, 5.41) is 3.79. The second-order valence-corrected chi connectivity index (χ2v) is 8.20. The number of fused-ring (bicyclic) bond motifs is 1. The number of carbonyl (C=O) groups is 1. The maximum atomic E-state index is 13.0. The summed E-state index contributed by atoms with van der Waals surface area (Å²) in [6.07, 6.45) is 0. The van der Waals surface area contributed by atoms with Crippen LogP contribution in [0, 0.1) is 13.8 Å². The van der Waals surface area contributed by atoms with Crippen LogP contribution < -0.4 is 20.2 Å². The molecule has 168 valence electrons. The van der Waals surface area contributed by atoms with E-state index in [0.29, 0.717) is 27.4 Å². The Morgan fingerprint density at radius 2 is 1.76 bits per heavy atom. The van der Waals surface area contributed by atoms with Gasteiger partial charge in [-0.15, -0.1) is 0 Å². The molecule has 0 spiro atoms. The molecule has 0 saturated heterocycles. The number of hydrogen-bond donors (Lipinski definition) is 1. The molecule has 0 fully saturated rings. The first-order valence-corrected chi connectivity index (χ1v) is 10.8. The largest absolute Gasteiger partial charge is 0.484 e. The van der Waals surface area contributed by atoms with E-state index < -0.39 is 0 Å². The molecule has 1 amide bonds. The van der Waals surface area contributed by atoms with Crippen molar-refractivity contribution >= 4 is 45.8 Å². The minimum absolute atomic E-state index is 0.0258. The highest BCUT2D eigenvalue weighted by molar-refractivity contribution is 6.35. The van der Waals surface area contributed by atoms with Crippen molar-refractivity contribution in [2.24, 2.45) is 0 Å². The van der Waals surface area contributed by atoms with Gasteiger partial charge in [0.1, 0.15) is 22.8 Å². The molecule has 0 unspecified atom stereocenters. The Labute approximate surface area is 199 Å². The lowest BCUT2D eigenvalue weighted by Gasteiger charge is -2.11. The first-order chi connectivity index (χ1) is 15.8. The van der Waals surface area contributed by atoms with Crippen molar-refractivity contribution in [3.8, 4) is 17.2 Å². The molecular formula is C25H19Cl2NO5. The van der Waals surface area contributed by atoms with Gasteiger partial charge in [-0.2, -0.15) is 0 Å². The van der Waals surface area contributed by atoms with Gasteiger partial charge in [0.15, 0.2) is 6.61 Å². The average molecular weight is 484 g/mol. The zero-order valence-electron chi connectivity index (χ0n) is 17.8. The second kappa shape index (κ2) is 9.57. The van der Waals surface area contributed by atoms with Crippen LogP contribution in [-0.4, -0.2) is 12.5 Å². The van der Waals surface area contributed by atoms with Gasteiger partial charge in [-0.25, -0.2) is 0 Å². The van der Waals surface area contributed by atoms with Crippen LogP contribution in [0.15, 0.2) is 69.9 Å². The predicted octanol–water partition coefficient (Wildman–Crippen LogP) is 6.53. The van der Waals surface area contributed by atoms with Crippen LogP contribution in [0.1, 0.15) is 11.3 Å². The normalized spacial score (nSPS) is 10.8. The highest BCUT2D eigenvalue weighted by Crippen LogP contribution is 2.33. The molecule has 33 heavy (non-hydrogen) atoms. The fourth-order valence-electron chi connectivity index (χ4n) is 3.13. The number of benzene rings is 3. The summed E-state index contributed by atoms with van der Waals surface area (Å²) in [4.78, 5) is 25.1. The minimum atomic E-state index is -0.358. The lowest BCUT2D eigenvalue weighted by Crippen LogP contribution is -2.20. The van der Waals surface area contributed by atoms with Crippen LogP contribution in [0.25, 0.3) is 11.0 Å². The Kier molecular flexibility index (Phi) is 6.58. The van der Waals surface area contributed by atoms with Crippen LogP contribution in [-0.2, 0) is 4.79 Å². The molecule has 0 atom stereocenters. The maximum Gasteiger partial charge on any atom is 0.262 e. The molecule has 1 aromatic heterocycles. The van der Waals surface area contributed by atoms with E-state index in [4.69, 9.17) is 37.1 Å². The summed E-state index contributed by atoms with van der Waals surface area (Å²) < 4.78 is 17.1. The number of ether oxygens (including phenoxy) is 2. The summed E-state index contributed by atoms with van der Waals surface area (Å²) in [7, 11) is 0. The quantitative estimate of drug-likeness (QED) is 0.337. The monoisotopic (exact) mass is 483 g/mol. The molecule has 1 heterocycles. The number of aryl methyl sites for hydroxylation is 2. The van der Waals surface area contributed by atoms with Crippen molar-refractivity contribution < 1.29 is 18.7 Å². The molecule has 3 aromatic carbocycles. The van der Waals surface area contributed by atoms with E-state index in [1.807, 2.05) is 31.2 Å². The molecule has 1 N–H and O–H groups in total. The van der Waals surface area contributed by atoms with Crippen molar-refractivity contribution in [1.29, 1.82) is 0 Å². The minimum Gasteiger partial charge on any atom is -0.484 e. The maximum absolute atomic E-state index is 13.0. The molecule has 0 bridgehead atoms. The van der Waals surface area contributed by atoms with Crippen LogP contribution in [0.3, 0.4) is 0 Å². The summed E-state index contributed by atoms with van der Waals surface area (Å²) in [6.45, 7) is 3.39. The highest BCUT2D eigenvalue weighted by Gasteiger charge is 2.16. The van der Waals surface area contributed by atoms with Crippen molar-refractivity contribution in [2.75, 3.05) is 11.9 Å². The number of rotatable bonds is 6. The molecule has 0 saturated carbocycles. The molecule has 0 aliphatic rings.